The van der Waals surface area contributed by atoms with Crippen molar-refractivity contribution in [3.63, 3.8) is 0 Å². The Hall–Kier alpha value is -2.22. The van der Waals surface area contributed by atoms with Crippen LogP contribution in [0.2, 0.25) is 0 Å². The van der Waals surface area contributed by atoms with Gasteiger partial charge in [-0.05, 0) is 12.1 Å². The molecule has 0 saturated heterocycles. The number of nitrogens with zero attached hydrogens (tertiary/aromatic N) is 2. The van der Waals surface area contributed by atoms with Gasteiger partial charge in [-0.25, -0.2) is 0 Å². The number of benzene rings is 1. The van der Waals surface area contributed by atoms with E-state index in [0.29, 0.717) is 30.0 Å². The molecule has 1 aromatic rings. The Morgan fingerprint density at radius 3 is 2.67 bits per heavy atom. The molecule has 0 N–H and O–H groups in total. The number of carbonyl (C=O) groups excluding carboxylic acids is 1. The molecule has 0 spiro atoms. The summed E-state index contributed by atoms with van der Waals surface area (Å²) in [6, 6.07) is 7.14. The molecule has 0 aromatic heterocycles. The molecule has 0 saturated carbocycles. The molecule has 0 fully saturated rings. The molecule has 0 aliphatic carbocycles. The van der Waals surface area contributed by atoms with Crippen molar-refractivity contribution in [3.05, 3.63) is 23.8 Å². The lowest BCUT2D eigenvalue weighted by Crippen LogP contribution is -2.28. The highest BCUT2D eigenvalue weighted by molar-refractivity contribution is 5.97. The molecule has 18 heavy (non-hydrogen) atoms. The van der Waals surface area contributed by atoms with E-state index in [-0.39, 0.29) is 5.91 Å². The third-order valence-corrected chi connectivity index (χ3v) is 2.54. The highest BCUT2D eigenvalue weighted by Crippen LogP contribution is 2.31. The Morgan fingerprint density at radius 2 is 2.11 bits per heavy atom. The largest absolute Gasteiger partial charge is 0.493 e. The summed E-state index contributed by atoms with van der Waals surface area (Å²) in [4.78, 5) is 13.7. The average molecular weight is 248 g/mol. The van der Waals surface area contributed by atoms with Gasteiger partial charge >= 0.3 is 0 Å². The first-order valence-electron chi connectivity index (χ1n) is 5.49. The summed E-state index contributed by atoms with van der Waals surface area (Å²) in [7, 11) is 4.66. The summed E-state index contributed by atoms with van der Waals surface area (Å²) >= 11 is 0. The van der Waals surface area contributed by atoms with Crippen molar-refractivity contribution >= 4 is 5.91 Å². The fourth-order valence-electron chi connectivity index (χ4n) is 1.58. The predicted molar refractivity (Wildman–Crippen MR) is 66.7 cm³/mol. The fraction of sp³-hybridized carbons (Fsp3) is 0.385. The van der Waals surface area contributed by atoms with Crippen molar-refractivity contribution in [3.8, 4) is 17.6 Å². The molecule has 0 atom stereocenters. The van der Waals surface area contributed by atoms with Crippen LogP contribution in [0.4, 0.5) is 0 Å². The minimum absolute atomic E-state index is 0.194. The van der Waals surface area contributed by atoms with Crippen LogP contribution in [0.1, 0.15) is 16.8 Å². The Bertz CT molecular complexity index is 466. The molecule has 5 nitrogen and oxygen atoms in total. The minimum atomic E-state index is -0.194. The number of amides is 1. The minimum Gasteiger partial charge on any atom is -0.493 e. The molecule has 0 bridgehead atoms. The van der Waals surface area contributed by atoms with Crippen molar-refractivity contribution in [1.29, 1.82) is 5.26 Å². The Kier molecular flexibility index (Phi) is 5.00. The van der Waals surface area contributed by atoms with Gasteiger partial charge in [0.15, 0.2) is 11.5 Å². The van der Waals surface area contributed by atoms with Crippen LogP contribution >= 0.6 is 0 Å². The van der Waals surface area contributed by atoms with Gasteiger partial charge < -0.3 is 14.4 Å². The van der Waals surface area contributed by atoms with E-state index >= 15 is 0 Å². The standard InChI is InChI=1S/C13H16N2O3/c1-15(9-5-8-14)13(16)10-6-4-7-11(17-2)12(10)18-3/h4,6-7H,5,9H2,1-3H3. The zero-order valence-electron chi connectivity index (χ0n) is 10.8. The fourth-order valence-corrected chi connectivity index (χ4v) is 1.58. The number of para-hydroxylation sites is 1. The Balaban J connectivity index is 3.02. The summed E-state index contributed by atoms with van der Waals surface area (Å²) in [6.45, 7) is 0.385. The number of ether oxygens (including phenoxy) is 2. The molecule has 0 aliphatic heterocycles. The van der Waals surface area contributed by atoms with Gasteiger partial charge in [0.2, 0.25) is 0 Å². The summed E-state index contributed by atoms with van der Waals surface area (Å²) in [5, 5.41) is 8.52. The summed E-state index contributed by atoms with van der Waals surface area (Å²) in [6.07, 6.45) is 0.300. The predicted octanol–water partition coefficient (Wildman–Crippen LogP) is 1.69. The van der Waals surface area contributed by atoms with Crippen LogP contribution in [0.15, 0.2) is 18.2 Å². The van der Waals surface area contributed by atoms with Crippen LogP contribution in [0.3, 0.4) is 0 Å². The first kappa shape index (κ1) is 13.8. The highest BCUT2D eigenvalue weighted by Gasteiger charge is 2.19. The van der Waals surface area contributed by atoms with Gasteiger partial charge in [0.25, 0.3) is 5.91 Å². The monoisotopic (exact) mass is 248 g/mol. The van der Waals surface area contributed by atoms with Crippen molar-refractivity contribution in [1.82, 2.24) is 4.90 Å². The molecular weight excluding hydrogens is 232 g/mol. The second-order valence-electron chi connectivity index (χ2n) is 3.68. The molecule has 0 heterocycles. The highest BCUT2D eigenvalue weighted by atomic mass is 16.5. The van der Waals surface area contributed by atoms with Crippen LogP contribution in [0.25, 0.3) is 0 Å². The molecule has 0 radical (unpaired) electrons. The number of methoxy groups -OCH3 is 2. The maximum atomic E-state index is 12.2. The Labute approximate surface area is 107 Å². The van der Waals surface area contributed by atoms with Gasteiger partial charge in [-0.1, -0.05) is 6.07 Å². The first-order valence-corrected chi connectivity index (χ1v) is 5.49. The summed E-state index contributed by atoms with van der Waals surface area (Å²) in [5.74, 6) is 0.729. The SMILES string of the molecule is COc1cccc(C(=O)N(C)CCC#N)c1OC. The van der Waals surface area contributed by atoms with Gasteiger partial charge in [0.1, 0.15) is 0 Å². The van der Waals surface area contributed by atoms with E-state index < -0.39 is 0 Å². The Morgan fingerprint density at radius 1 is 1.39 bits per heavy atom. The normalized spacial score (nSPS) is 9.44. The van der Waals surface area contributed by atoms with Crippen LogP contribution in [0, 0.1) is 11.3 Å². The maximum Gasteiger partial charge on any atom is 0.257 e. The van der Waals surface area contributed by atoms with Crippen LogP contribution in [-0.2, 0) is 0 Å². The molecule has 0 unspecified atom stereocenters. The van der Waals surface area contributed by atoms with E-state index in [1.807, 2.05) is 6.07 Å². The number of rotatable bonds is 5. The van der Waals surface area contributed by atoms with E-state index in [1.165, 1.54) is 19.1 Å². The van der Waals surface area contributed by atoms with Gasteiger partial charge in [0, 0.05) is 13.6 Å². The van der Waals surface area contributed by atoms with E-state index in [1.54, 1.807) is 25.2 Å². The molecule has 1 amide bonds. The lowest BCUT2D eigenvalue weighted by atomic mass is 10.1. The van der Waals surface area contributed by atoms with Crippen LogP contribution < -0.4 is 9.47 Å². The van der Waals surface area contributed by atoms with Crippen LogP contribution in [-0.4, -0.2) is 38.6 Å². The zero-order valence-corrected chi connectivity index (χ0v) is 10.8. The maximum absolute atomic E-state index is 12.2. The third kappa shape index (κ3) is 2.92. The lowest BCUT2D eigenvalue weighted by Gasteiger charge is -2.18. The second kappa shape index (κ2) is 6.50. The van der Waals surface area contributed by atoms with E-state index in [0.717, 1.165) is 0 Å². The van der Waals surface area contributed by atoms with Gasteiger partial charge in [0.05, 0.1) is 32.3 Å². The van der Waals surface area contributed by atoms with Crippen molar-refractivity contribution in [2.45, 2.75) is 6.42 Å². The van der Waals surface area contributed by atoms with Gasteiger partial charge in [-0.2, -0.15) is 5.26 Å². The lowest BCUT2D eigenvalue weighted by molar-refractivity contribution is 0.0794. The molecule has 0 aliphatic rings. The average Bonchev–Trinajstić information content (AvgIpc) is 2.42. The topological polar surface area (TPSA) is 62.6 Å². The number of hydrogen-bond acceptors (Lipinski definition) is 4. The summed E-state index contributed by atoms with van der Waals surface area (Å²) in [5.41, 5.74) is 0.428. The van der Waals surface area contributed by atoms with Gasteiger partial charge in [-0.15, -0.1) is 0 Å². The van der Waals surface area contributed by atoms with Crippen molar-refractivity contribution < 1.29 is 14.3 Å². The molecule has 1 rings (SSSR count). The second-order valence-corrected chi connectivity index (χ2v) is 3.68. The van der Waals surface area contributed by atoms with Crippen molar-refractivity contribution in [2.75, 3.05) is 27.8 Å². The van der Waals surface area contributed by atoms with E-state index in [9.17, 15) is 4.79 Å². The van der Waals surface area contributed by atoms with E-state index in [2.05, 4.69) is 0 Å². The third-order valence-electron chi connectivity index (χ3n) is 2.54. The quantitative estimate of drug-likeness (QED) is 0.795. The molecular formula is C13H16N2O3. The summed E-state index contributed by atoms with van der Waals surface area (Å²) < 4.78 is 10.3. The van der Waals surface area contributed by atoms with Crippen molar-refractivity contribution in [2.24, 2.45) is 0 Å². The van der Waals surface area contributed by atoms with E-state index in [4.69, 9.17) is 14.7 Å². The number of carbonyl (C=O) groups is 1. The molecule has 5 heteroatoms. The zero-order chi connectivity index (χ0) is 13.5. The van der Waals surface area contributed by atoms with Crippen LogP contribution in [0.5, 0.6) is 11.5 Å². The number of hydrogen-bond donors (Lipinski definition) is 0. The smallest absolute Gasteiger partial charge is 0.257 e. The first-order chi connectivity index (χ1) is 8.65. The number of nitriles is 1. The molecule has 1 aromatic carbocycles. The van der Waals surface area contributed by atoms with Gasteiger partial charge in [-0.3, -0.25) is 4.79 Å². The molecule has 96 valence electrons.